The maximum absolute atomic E-state index is 14.6. The zero-order chi connectivity index (χ0) is 27.8. The predicted molar refractivity (Wildman–Crippen MR) is 141 cm³/mol. The maximum Gasteiger partial charge on any atom is 0.269 e. The summed E-state index contributed by atoms with van der Waals surface area (Å²) in [6, 6.07) is 26.6. The standard InChI is InChI=1S/C32H19NO7/c34-26-21-10-4-5-11-22(21)27(35)31(26)25(18-14-16-20(17-15-18)33(38)39)32(40-30(31)19-8-2-1-3-9-19)28(36)23-12-6-7-13-24(23)29(32)37/h1-17,25,30H/t25-,30-/m1/s1. The Kier molecular flexibility index (Phi) is 4.92. The molecule has 0 unspecified atom stereocenters. The van der Waals surface area contributed by atoms with Gasteiger partial charge in [0.05, 0.1) is 10.8 Å². The molecule has 1 aliphatic heterocycles. The molecule has 2 atom stereocenters. The van der Waals surface area contributed by atoms with Crippen molar-refractivity contribution in [3.63, 3.8) is 0 Å². The summed E-state index contributed by atoms with van der Waals surface area (Å²) in [6.07, 6.45) is -1.29. The van der Waals surface area contributed by atoms with Crippen LogP contribution in [-0.4, -0.2) is 33.7 Å². The lowest BCUT2D eigenvalue weighted by atomic mass is 9.60. The number of fused-ring (bicyclic) bond motifs is 2. The Morgan fingerprint density at radius 1 is 0.575 bits per heavy atom. The molecule has 0 N–H and O–H groups in total. The predicted octanol–water partition coefficient (Wildman–Crippen LogP) is 5.33. The zero-order valence-electron chi connectivity index (χ0n) is 20.8. The van der Waals surface area contributed by atoms with Gasteiger partial charge in [-0.05, 0) is 11.1 Å². The molecule has 1 fully saturated rings. The van der Waals surface area contributed by atoms with E-state index in [1.807, 2.05) is 0 Å². The molecule has 0 radical (unpaired) electrons. The van der Waals surface area contributed by atoms with Gasteiger partial charge in [0.2, 0.25) is 17.2 Å². The number of carbonyl (C=O) groups excluding carboxylic acids is 4. The van der Waals surface area contributed by atoms with Gasteiger partial charge in [0.25, 0.3) is 5.69 Å². The van der Waals surface area contributed by atoms with Crippen LogP contribution >= 0.6 is 0 Å². The summed E-state index contributed by atoms with van der Waals surface area (Å²) in [5, 5.41) is 11.4. The zero-order valence-corrected chi connectivity index (χ0v) is 20.8. The molecule has 8 heteroatoms. The minimum atomic E-state index is -2.24. The molecular formula is C32H19NO7. The lowest BCUT2D eigenvalue weighted by Crippen LogP contribution is -2.51. The quantitative estimate of drug-likeness (QED) is 0.200. The Labute approximate surface area is 227 Å². The van der Waals surface area contributed by atoms with Crippen molar-refractivity contribution in [3.8, 4) is 0 Å². The van der Waals surface area contributed by atoms with Gasteiger partial charge in [0, 0.05) is 34.4 Å². The summed E-state index contributed by atoms with van der Waals surface area (Å²) < 4.78 is 6.58. The molecule has 3 aliphatic rings. The molecule has 1 heterocycles. The minimum absolute atomic E-state index is 0.138. The lowest BCUT2D eigenvalue weighted by molar-refractivity contribution is -0.384. The second-order valence-corrected chi connectivity index (χ2v) is 10.2. The number of hydrogen-bond acceptors (Lipinski definition) is 7. The number of ketones is 4. The first-order valence-corrected chi connectivity index (χ1v) is 12.7. The van der Waals surface area contributed by atoms with Crippen molar-refractivity contribution >= 4 is 28.8 Å². The summed E-state index contributed by atoms with van der Waals surface area (Å²) in [4.78, 5) is 68.6. The fourth-order valence-corrected chi connectivity index (χ4v) is 6.74. The van der Waals surface area contributed by atoms with Gasteiger partial charge in [-0.25, -0.2) is 0 Å². The summed E-state index contributed by atoms with van der Waals surface area (Å²) in [7, 11) is 0. The summed E-state index contributed by atoms with van der Waals surface area (Å²) in [5.74, 6) is -3.81. The van der Waals surface area contributed by atoms with Crippen LogP contribution in [0.2, 0.25) is 0 Å². The van der Waals surface area contributed by atoms with Gasteiger partial charge in [0.15, 0.2) is 11.6 Å². The molecule has 0 saturated carbocycles. The van der Waals surface area contributed by atoms with Crippen molar-refractivity contribution in [1.82, 2.24) is 0 Å². The van der Waals surface area contributed by atoms with Crippen LogP contribution in [0.1, 0.15) is 64.6 Å². The van der Waals surface area contributed by atoms with Crippen molar-refractivity contribution < 1.29 is 28.8 Å². The number of Topliss-reactive ketones (excluding diaryl/α,β-unsaturated/α-hetero) is 4. The topological polar surface area (TPSA) is 121 Å². The van der Waals surface area contributed by atoms with E-state index in [9.17, 15) is 29.3 Å². The molecular weight excluding hydrogens is 510 g/mol. The van der Waals surface area contributed by atoms with Crippen molar-refractivity contribution in [2.75, 3.05) is 0 Å². The van der Waals surface area contributed by atoms with E-state index in [2.05, 4.69) is 0 Å². The number of ether oxygens (including phenoxy) is 1. The molecule has 0 aromatic heterocycles. The van der Waals surface area contributed by atoms with Crippen molar-refractivity contribution in [2.45, 2.75) is 17.6 Å². The monoisotopic (exact) mass is 529 g/mol. The van der Waals surface area contributed by atoms with E-state index in [1.54, 1.807) is 66.7 Å². The number of carbonyl (C=O) groups is 4. The highest BCUT2D eigenvalue weighted by molar-refractivity contribution is 6.37. The number of non-ortho nitro benzene ring substituents is 1. The van der Waals surface area contributed by atoms with E-state index in [1.165, 1.54) is 36.4 Å². The maximum atomic E-state index is 14.6. The summed E-state index contributed by atoms with van der Waals surface area (Å²) in [5.41, 5.74) is -3.15. The molecule has 194 valence electrons. The second-order valence-electron chi connectivity index (χ2n) is 10.2. The molecule has 4 aromatic rings. The highest BCUT2D eigenvalue weighted by Crippen LogP contribution is 2.67. The highest BCUT2D eigenvalue weighted by atomic mass is 16.6. The van der Waals surface area contributed by atoms with Gasteiger partial charge in [-0.2, -0.15) is 0 Å². The van der Waals surface area contributed by atoms with Crippen LogP contribution in [0, 0.1) is 15.5 Å². The van der Waals surface area contributed by atoms with Crippen LogP contribution in [-0.2, 0) is 4.74 Å². The average molecular weight is 530 g/mol. The number of benzene rings is 4. The third-order valence-corrected chi connectivity index (χ3v) is 8.38. The minimum Gasteiger partial charge on any atom is -0.348 e. The molecule has 7 rings (SSSR count). The molecule has 1 saturated heterocycles. The largest absolute Gasteiger partial charge is 0.348 e. The van der Waals surface area contributed by atoms with Crippen LogP contribution in [0.15, 0.2) is 103 Å². The second kappa shape index (κ2) is 8.21. The smallest absolute Gasteiger partial charge is 0.269 e. The van der Waals surface area contributed by atoms with Crippen LogP contribution in [0.4, 0.5) is 5.69 Å². The fraction of sp³-hybridized carbons (Fsp3) is 0.125. The summed E-state index contributed by atoms with van der Waals surface area (Å²) in [6.45, 7) is 0. The number of hydrogen-bond donors (Lipinski definition) is 0. The fourth-order valence-electron chi connectivity index (χ4n) is 6.74. The van der Waals surface area contributed by atoms with Crippen LogP contribution in [0.3, 0.4) is 0 Å². The number of rotatable bonds is 3. The van der Waals surface area contributed by atoms with E-state index in [0.717, 1.165) is 0 Å². The normalized spacial score (nSPS) is 21.7. The van der Waals surface area contributed by atoms with E-state index in [-0.39, 0.29) is 33.5 Å². The first-order valence-electron chi connectivity index (χ1n) is 12.7. The van der Waals surface area contributed by atoms with Crippen LogP contribution in [0.25, 0.3) is 0 Å². The SMILES string of the molecule is O=C1c2ccccc2C(=O)C12O[C@H](c1ccccc1)C1(C(=O)c3ccccc3C1=O)[C@H]2c1ccc([N+](=O)[O-])cc1. The van der Waals surface area contributed by atoms with Crippen LogP contribution in [0.5, 0.6) is 0 Å². The number of nitro groups is 1. The van der Waals surface area contributed by atoms with E-state index in [4.69, 9.17) is 4.74 Å². The van der Waals surface area contributed by atoms with Crippen molar-refractivity contribution in [2.24, 2.45) is 5.41 Å². The number of nitro benzene ring substituents is 1. The Morgan fingerprint density at radius 2 is 1.02 bits per heavy atom. The molecule has 2 spiro atoms. The first-order chi connectivity index (χ1) is 19.3. The van der Waals surface area contributed by atoms with E-state index >= 15 is 0 Å². The molecule has 0 bridgehead atoms. The molecule has 40 heavy (non-hydrogen) atoms. The van der Waals surface area contributed by atoms with Gasteiger partial charge >= 0.3 is 0 Å². The molecule has 4 aromatic carbocycles. The average Bonchev–Trinajstić information content (AvgIpc) is 3.52. The van der Waals surface area contributed by atoms with Crippen LogP contribution < -0.4 is 0 Å². The summed E-state index contributed by atoms with van der Waals surface area (Å²) >= 11 is 0. The van der Waals surface area contributed by atoms with Gasteiger partial charge in [-0.3, -0.25) is 29.3 Å². The van der Waals surface area contributed by atoms with Crippen molar-refractivity contribution in [1.29, 1.82) is 0 Å². The van der Waals surface area contributed by atoms with Gasteiger partial charge < -0.3 is 4.74 Å². The Balaban J connectivity index is 1.58. The lowest BCUT2D eigenvalue weighted by Gasteiger charge is -2.34. The highest BCUT2D eigenvalue weighted by Gasteiger charge is 2.79. The molecule has 8 nitrogen and oxygen atoms in total. The Hall–Kier alpha value is -5.08. The van der Waals surface area contributed by atoms with E-state index < -0.39 is 51.1 Å². The van der Waals surface area contributed by atoms with Gasteiger partial charge in [0.1, 0.15) is 11.5 Å². The number of nitrogens with zero attached hydrogens (tertiary/aromatic N) is 1. The molecule has 2 aliphatic carbocycles. The first kappa shape index (κ1) is 24.0. The van der Waals surface area contributed by atoms with Crippen molar-refractivity contribution in [3.05, 3.63) is 147 Å². The third kappa shape index (κ3) is 2.78. The third-order valence-electron chi connectivity index (χ3n) is 8.38. The Morgan fingerprint density at radius 3 is 1.50 bits per heavy atom. The van der Waals surface area contributed by atoms with Gasteiger partial charge in [-0.1, -0.05) is 91.0 Å². The molecule has 0 amide bonds. The van der Waals surface area contributed by atoms with E-state index in [0.29, 0.717) is 5.56 Å². The van der Waals surface area contributed by atoms with Gasteiger partial charge in [-0.15, -0.1) is 0 Å². The Bertz CT molecular complexity index is 1720.